The van der Waals surface area contributed by atoms with Crippen LogP contribution in [0.15, 0.2) is 18.2 Å². The van der Waals surface area contributed by atoms with Gasteiger partial charge in [-0.3, -0.25) is 29.4 Å². The molecule has 3 aliphatic heterocycles. The third kappa shape index (κ3) is 5.72. The van der Waals surface area contributed by atoms with Crippen LogP contribution in [0.3, 0.4) is 0 Å². The Bertz CT molecular complexity index is 902. The second-order valence-corrected chi connectivity index (χ2v) is 8.36. The van der Waals surface area contributed by atoms with Crippen LogP contribution in [0.1, 0.15) is 65.7 Å². The van der Waals surface area contributed by atoms with E-state index in [-0.39, 0.29) is 36.4 Å². The zero-order chi connectivity index (χ0) is 22.5. The molecule has 0 aliphatic carbocycles. The van der Waals surface area contributed by atoms with E-state index in [4.69, 9.17) is 9.47 Å². The zero-order valence-electron chi connectivity index (χ0n) is 18.5. The number of benzene rings is 1. The Balaban J connectivity index is 0.00000306. The highest BCUT2D eigenvalue weighted by atomic mass is 35.5. The number of nitrogens with one attached hydrogen (secondary N) is 2. The number of ether oxygens (including phenoxy) is 2. The summed E-state index contributed by atoms with van der Waals surface area (Å²) in [5.74, 6) is -1.75. The Morgan fingerprint density at radius 2 is 1.70 bits per heavy atom. The highest BCUT2D eigenvalue weighted by Crippen LogP contribution is 2.33. The van der Waals surface area contributed by atoms with Gasteiger partial charge in [-0.25, -0.2) is 0 Å². The third-order valence-corrected chi connectivity index (χ3v) is 6.12. The zero-order valence-corrected chi connectivity index (χ0v) is 19.3. The van der Waals surface area contributed by atoms with Crippen LogP contribution in [-0.2, 0) is 14.3 Å². The SMILES string of the molecule is Cl.O=C1CCC(N2C(=O)c3cccc(OCCCCCOC4CCNCC4)c3C2=O)C(=O)N1. The Hall–Kier alpha value is -2.49. The van der Waals surface area contributed by atoms with E-state index >= 15 is 0 Å². The second kappa shape index (κ2) is 11.6. The van der Waals surface area contributed by atoms with Gasteiger partial charge >= 0.3 is 0 Å². The van der Waals surface area contributed by atoms with Crippen LogP contribution in [0, 0.1) is 0 Å². The number of carbonyl (C=O) groups excluding carboxylic acids is 4. The molecule has 33 heavy (non-hydrogen) atoms. The minimum atomic E-state index is -0.979. The molecular weight excluding hydrogens is 450 g/mol. The molecule has 1 atom stereocenters. The van der Waals surface area contributed by atoms with E-state index in [0.717, 1.165) is 56.7 Å². The Labute approximate surface area is 199 Å². The summed E-state index contributed by atoms with van der Waals surface area (Å²) in [5.41, 5.74) is 0.420. The molecular formula is C23H30ClN3O6. The number of rotatable bonds is 9. The topological polar surface area (TPSA) is 114 Å². The number of nitrogens with zero attached hydrogens (tertiary/aromatic N) is 1. The van der Waals surface area contributed by atoms with E-state index in [1.807, 2.05) is 0 Å². The predicted octanol–water partition coefficient (Wildman–Crippen LogP) is 1.83. The van der Waals surface area contributed by atoms with Gasteiger partial charge in [0.25, 0.3) is 11.8 Å². The summed E-state index contributed by atoms with van der Waals surface area (Å²) in [4.78, 5) is 50.4. The lowest BCUT2D eigenvalue weighted by Gasteiger charge is -2.27. The van der Waals surface area contributed by atoms with Crippen molar-refractivity contribution in [2.24, 2.45) is 0 Å². The number of unbranched alkanes of at least 4 members (excludes halogenated alkanes) is 2. The monoisotopic (exact) mass is 479 g/mol. The first-order chi connectivity index (χ1) is 15.6. The van der Waals surface area contributed by atoms with Crippen LogP contribution in [0.2, 0.25) is 0 Å². The minimum absolute atomic E-state index is 0. The number of hydrogen-bond acceptors (Lipinski definition) is 7. The Morgan fingerprint density at radius 3 is 2.45 bits per heavy atom. The quantitative estimate of drug-likeness (QED) is 0.410. The molecule has 1 unspecified atom stereocenters. The molecule has 0 bridgehead atoms. The molecule has 2 N–H and O–H groups in total. The van der Waals surface area contributed by atoms with Crippen molar-refractivity contribution in [1.29, 1.82) is 0 Å². The molecule has 2 saturated heterocycles. The summed E-state index contributed by atoms with van der Waals surface area (Å²) in [6.45, 7) is 3.19. The van der Waals surface area contributed by atoms with Gasteiger partial charge in [-0.2, -0.15) is 0 Å². The van der Waals surface area contributed by atoms with Crippen molar-refractivity contribution in [2.75, 3.05) is 26.3 Å². The van der Waals surface area contributed by atoms with E-state index in [1.54, 1.807) is 18.2 Å². The fourth-order valence-corrected chi connectivity index (χ4v) is 4.38. The molecule has 0 spiro atoms. The first-order valence-corrected chi connectivity index (χ1v) is 11.4. The molecule has 3 heterocycles. The molecule has 1 aromatic rings. The molecule has 4 rings (SSSR count). The lowest BCUT2D eigenvalue weighted by atomic mass is 10.0. The van der Waals surface area contributed by atoms with E-state index in [9.17, 15) is 19.2 Å². The number of halogens is 1. The summed E-state index contributed by atoms with van der Waals surface area (Å²) < 4.78 is 11.7. The second-order valence-electron chi connectivity index (χ2n) is 8.36. The number of hydrogen-bond donors (Lipinski definition) is 2. The summed E-state index contributed by atoms with van der Waals surface area (Å²) in [7, 11) is 0. The van der Waals surface area contributed by atoms with Gasteiger partial charge < -0.3 is 14.8 Å². The van der Waals surface area contributed by atoms with Gasteiger partial charge in [0.15, 0.2) is 0 Å². The number of carbonyl (C=O) groups is 4. The fourth-order valence-electron chi connectivity index (χ4n) is 4.38. The number of piperidine rings is 2. The molecule has 0 aromatic heterocycles. The van der Waals surface area contributed by atoms with Gasteiger partial charge in [0.2, 0.25) is 11.8 Å². The largest absolute Gasteiger partial charge is 0.493 e. The van der Waals surface area contributed by atoms with Gasteiger partial charge in [0, 0.05) is 13.0 Å². The average molecular weight is 480 g/mol. The third-order valence-electron chi connectivity index (χ3n) is 6.12. The maximum atomic E-state index is 13.0. The van der Waals surface area contributed by atoms with E-state index in [2.05, 4.69) is 10.6 Å². The van der Waals surface area contributed by atoms with Gasteiger partial charge in [-0.05, 0) is 63.7 Å². The van der Waals surface area contributed by atoms with Crippen LogP contribution < -0.4 is 15.4 Å². The summed E-state index contributed by atoms with van der Waals surface area (Å²) >= 11 is 0. The summed E-state index contributed by atoms with van der Waals surface area (Å²) in [5, 5.41) is 5.52. The van der Waals surface area contributed by atoms with Crippen LogP contribution >= 0.6 is 12.4 Å². The Kier molecular flexibility index (Phi) is 8.82. The molecule has 0 saturated carbocycles. The van der Waals surface area contributed by atoms with E-state index < -0.39 is 29.7 Å². The van der Waals surface area contributed by atoms with Crippen molar-refractivity contribution in [3.63, 3.8) is 0 Å². The fraction of sp³-hybridized carbons (Fsp3) is 0.565. The molecule has 2 fully saturated rings. The number of fused-ring (bicyclic) bond motifs is 1. The van der Waals surface area contributed by atoms with Crippen LogP contribution in [0.25, 0.3) is 0 Å². The normalized spacial score (nSPS) is 21.0. The maximum Gasteiger partial charge on any atom is 0.266 e. The van der Waals surface area contributed by atoms with E-state index in [1.165, 1.54) is 0 Å². The molecule has 4 amide bonds. The molecule has 9 nitrogen and oxygen atoms in total. The molecule has 0 radical (unpaired) electrons. The average Bonchev–Trinajstić information content (AvgIpc) is 3.05. The molecule has 10 heteroatoms. The maximum absolute atomic E-state index is 13.0. The lowest BCUT2D eigenvalue weighted by molar-refractivity contribution is -0.136. The first kappa shape index (κ1) is 25.1. The van der Waals surface area contributed by atoms with Crippen molar-refractivity contribution >= 4 is 36.0 Å². The smallest absolute Gasteiger partial charge is 0.266 e. The number of amides is 4. The van der Waals surface area contributed by atoms with Crippen molar-refractivity contribution in [3.05, 3.63) is 29.3 Å². The predicted molar refractivity (Wildman–Crippen MR) is 122 cm³/mol. The lowest BCUT2D eigenvalue weighted by Crippen LogP contribution is -2.54. The van der Waals surface area contributed by atoms with Crippen LogP contribution in [0.5, 0.6) is 5.75 Å². The van der Waals surface area contributed by atoms with Crippen LogP contribution in [-0.4, -0.2) is 67.0 Å². The highest BCUT2D eigenvalue weighted by Gasteiger charge is 2.45. The molecule has 180 valence electrons. The van der Waals surface area contributed by atoms with Gasteiger partial charge in [-0.1, -0.05) is 6.07 Å². The summed E-state index contributed by atoms with van der Waals surface area (Å²) in [6.07, 6.45) is 5.39. The van der Waals surface area contributed by atoms with Gasteiger partial charge in [0.05, 0.1) is 23.8 Å². The highest BCUT2D eigenvalue weighted by molar-refractivity contribution is 6.24. The van der Waals surface area contributed by atoms with E-state index in [0.29, 0.717) is 18.5 Å². The van der Waals surface area contributed by atoms with Gasteiger partial charge in [0.1, 0.15) is 11.8 Å². The number of imide groups is 2. The summed E-state index contributed by atoms with van der Waals surface area (Å²) in [6, 6.07) is 3.91. The molecule has 3 aliphatic rings. The minimum Gasteiger partial charge on any atom is -0.493 e. The standard InChI is InChI=1S/C23H29N3O6.ClH/c27-19-8-7-17(21(28)25-19)26-22(29)16-5-4-6-18(20(16)23(26)30)32-14-3-1-2-13-31-15-9-11-24-12-10-15;/h4-6,15,17,24H,1-3,7-14H2,(H,25,27,28);1H. The van der Waals surface area contributed by atoms with Crippen molar-refractivity contribution in [3.8, 4) is 5.75 Å². The molecule has 1 aromatic carbocycles. The Morgan fingerprint density at radius 1 is 0.939 bits per heavy atom. The van der Waals surface area contributed by atoms with Crippen molar-refractivity contribution < 1.29 is 28.7 Å². The van der Waals surface area contributed by atoms with Crippen molar-refractivity contribution in [1.82, 2.24) is 15.5 Å². The van der Waals surface area contributed by atoms with Crippen LogP contribution in [0.4, 0.5) is 0 Å². The first-order valence-electron chi connectivity index (χ1n) is 11.4. The van der Waals surface area contributed by atoms with Crippen molar-refractivity contribution in [2.45, 2.75) is 57.1 Å². The van der Waals surface area contributed by atoms with Gasteiger partial charge in [-0.15, -0.1) is 12.4 Å².